The van der Waals surface area contributed by atoms with Gasteiger partial charge in [-0.15, -0.1) is 0 Å². The van der Waals surface area contributed by atoms with Crippen LogP contribution in [-0.2, 0) is 0 Å². The quantitative estimate of drug-likeness (QED) is 0.847. The average Bonchev–Trinajstić information content (AvgIpc) is 2.91. The molecule has 1 unspecified atom stereocenters. The number of nitrogens with one attached hydrogen (secondary N) is 1. The Labute approximate surface area is 108 Å². The largest absolute Gasteiger partial charge is 0.494 e. The molecule has 1 heterocycles. The maximum atomic E-state index is 5.45. The van der Waals surface area contributed by atoms with E-state index in [2.05, 4.69) is 24.4 Å². The van der Waals surface area contributed by atoms with Crippen LogP contribution in [0.4, 0.5) is 0 Å². The first kappa shape index (κ1) is 12.7. The first-order chi connectivity index (χ1) is 8.85. The van der Waals surface area contributed by atoms with Crippen LogP contribution in [0.2, 0.25) is 0 Å². The van der Waals surface area contributed by atoms with Gasteiger partial charge in [-0.05, 0) is 37.2 Å². The van der Waals surface area contributed by atoms with Crippen LogP contribution in [0.3, 0.4) is 0 Å². The Kier molecular flexibility index (Phi) is 4.42. The molecule has 0 saturated heterocycles. The number of benzene rings is 1. The highest BCUT2D eigenvalue weighted by molar-refractivity contribution is 5.34. The minimum absolute atomic E-state index is 0.171. The number of rotatable bonds is 6. The first-order valence-electron chi connectivity index (χ1n) is 6.33. The molecule has 0 aliphatic heterocycles. The van der Waals surface area contributed by atoms with E-state index in [1.165, 1.54) is 5.56 Å². The van der Waals surface area contributed by atoms with Crippen LogP contribution in [0.25, 0.3) is 0 Å². The minimum Gasteiger partial charge on any atom is -0.494 e. The van der Waals surface area contributed by atoms with Crippen molar-refractivity contribution >= 4 is 0 Å². The fraction of sp³-hybridized carbons (Fsp3) is 0.333. The van der Waals surface area contributed by atoms with Crippen LogP contribution in [-0.4, -0.2) is 13.2 Å². The van der Waals surface area contributed by atoms with Crippen LogP contribution < -0.4 is 10.1 Å². The smallest absolute Gasteiger partial charge is 0.119 e. The summed E-state index contributed by atoms with van der Waals surface area (Å²) in [5.41, 5.74) is 2.35. The van der Waals surface area contributed by atoms with E-state index in [1.807, 2.05) is 25.1 Å². The van der Waals surface area contributed by atoms with E-state index in [9.17, 15) is 0 Å². The fourth-order valence-electron chi connectivity index (χ4n) is 1.99. The van der Waals surface area contributed by atoms with Crippen molar-refractivity contribution in [2.45, 2.75) is 19.9 Å². The van der Waals surface area contributed by atoms with Gasteiger partial charge in [0.25, 0.3) is 0 Å². The van der Waals surface area contributed by atoms with Crippen LogP contribution in [0, 0.1) is 0 Å². The zero-order valence-corrected chi connectivity index (χ0v) is 10.8. The number of ether oxygens (including phenoxy) is 1. The predicted octanol–water partition coefficient (Wildman–Crippen LogP) is 3.38. The Morgan fingerprint density at radius 3 is 2.44 bits per heavy atom. The summed E-state index contributed by atoms with van der Waals surface area (Å²) in [5, 5.41) is 3.45. The molecule has 0 radical (unpaired) electrons. The molecule has 0 aliphatic carbocycles. The third-order valence-electron chi connectivity index (χ3n) is 2.81. The summed E-state index contributed by atoms with van der Waals surface area (Å²) >= 11 is 0. The van der Waals surface area contributed by atoms with Crippen molar-refractivity contribution in [3.63, 3.8) is 0 Å². The molecular weight excluding hydrogens is 226 g/mol. The Morgan fingerprint density at radius 1 is 1.11 bits per heavy atom. The van der Waals surface area contributed by atoms with Gasteiger partial charge in [-0.1, -0.05) is 19.1 Å². The van der Waals surface area contributed by atoms with Crippen molar-refractivity contribution in [3.8, 4) is 5.75 Å². The topological polar surface area (TPSA) is 34.4 Å². The highest BCUT2D eigenvalue weighted by atomic mass is 16.5. The van der Waals surface area contributed by atoms with Crippen molar-refractivity contribution in [1.82, 2.24) is 5.32 Å². The molecule has 1 N–H and O–H groups in total. The van der Waals surface area contributed by atoms with Crippen molar-refractivity contribution in [2.75, 3.05) is 13.2 Å². The first-order valence-corrected chi connectivity index (χ1v) is 6.33. The molecule has 0 saturated carbocycles. The number of hydrogen-bond acceptors (Lipinski definition) is 3. The van der Waals surface area contributed by atoms with E-state index < -0.39 is 0 Å². The molecule has 2 aromatic rings. The van der Waals surface area contributed by atoms with Crippen molar-refractivity contribution < 1.29 is 9.15 Å². The summed E-state index contributed by atoms with van der Waals surface area (Å²) in [6.45, 7) is 5.68. The normalized spacial score (nSPS) is 12.3. The van der Waals surface area contributed by atoms with Gasteiger partial charge in [0, 0.05) is 5.56 Å². The van der Waals surface area contributed by atoms with Gasteiger partial charge in [-0.2, -0.15) is 0 Å². The Morgan fingerprint density at radius 2 is 1.89 bits per heavy atom. The van der Waals surface area contributed by atoms with Gasteiger partial charge < -0.3 is 14.5 Å². The zero-order valence-electron chi connectivity index (χ0n) is 10.8. The molecule has 3 nitrogen and oxygen atoms in total. The highest BCUT2D eigenvalue weighted by Crippen LogP contribution is 2.24. The van der Waals surface area contributed by atoms with Gasteiger partial charge >= 0.3 is 0 Å². The van der Waals surface area contributed by atoms with E-state index in [1.54, 1.807) is 12.5 Å². The van der Waals surface area contributed by atoms with Gasteiger partial charge in [-0.25, -0.2) is 0 Å². The van der Waals surface area contributed by atoms with Crippen LogP contribution in [0.1, 0.15) is 31.0 Å². The molecule has 0 bridgehead atoms. The molecule has 0 fully saturated rings. The van der Waals surface area contributed by atoms with Gasteiger partial charge in [-0.3, -0.25) is 0 Å². The Balaban J connectivity index is 2.20. The Bertz CT molecular complexity index is 448. The lowest BCUT2D eigenvalue weighted by atomic mass is 10.0. The second-order valence-electron chi connectivity index (χ2n) is 4.05. The molecule has 0 spiro atoms. The van der Waals surface area contributed by atoms with Crippen molar-refractivity contribution in [3.05, 3.63) is 54.0 Å². The third-order valence-corrected chi connectivity index (χ3v) is 2.81. The summed E-state index contributed by atoms with van der Waals surface area (Å²) in [4.78, 5) is 0. The molecule has 1 aromatic heterocycles. The second-order valence-corrected chi connectivity index (χ2v) is 4.05. The van der Waals surface area contributed by atoms with E-state index in [0.717, 1.165) is 17.9 Å². The molecule has 0 aliphatic rings. The van der Waals surface area contributed by atoms with E-state index in [4.69, 9.17) is 9.15 Å². The lowest BCUT2D eigenvalue weighted by molar-refractivity contribution is 0.340. The van der Waals surface area contributed by atoms with Gasteiger partial charge in [0.2, 0.25) is 0 Å². The van der Waals surface area contributed by atoms with Crippen molar-refractivity contribution in [1.29, 1.82) is 0 Å². The molecule has 0 amide bonds. The molecule has 2 rings (SSSR count). The van der Waals surface area contributed by atoms with Gasteiger partial charge in [0.05, 0.1) is 25.2 Å². The monoisotopic (exact) mass is 245 g/mol. The third kappa shape index (κ3) is 2.93. The lowest BCUT2D eigenvalue weighted by Crippen LogP contribution is -2.21. The molecule has 1 aromatic carbocycles. The Hall–Kier alpha value is -1.74. The van der Waals surface area contributed by atoms with Crippen LogP contribution >= 0.6 is 0 Å². The summed E-state index contributed by atoms with van der Waals surface area (Å²) in [7, 11) is 0. The second kappa shape index (κ2) is 6.26. The number of furan rings is 1. The van der Waals surface area contributed by atoms with E-state index >= 15 is 0 Å². The van der Waals surface area contributed by atoms with Gasteiger partial charge in [0.15, 0.2) is 0 Å². The average molecular weight is 245 g/mol. The molecule has 96 valence electrons. The van der Waals surface area contributed by atoms with E-state index in [0.29, 0.717) is 6.61 Å². The zero-order chi connectivity index (χ0) is 12.8. The standard InChI is InChI=1S/C15H19NO2/c1-3-16-15(13-9-10-17-11-13)12-5-7-14(8-6-12)18-4-2/h5-11,15-16H,3-4H2,1-2H3. The van der Waals surface area contributed by atoms with Crippen LogP contribution in [0.5, 0.6) is 5.75 Å². The number of hydrogen-bond donors (Lipinski definition) is 1. The molecule has 1 atom stereocenters. The maximum Gasteiger partial charge on any atom is 0.119 e. The lowest BCUT2D eigenvalue weighted by Gasteiger charge is -2.17. The van der Waals surface area contributed by atoms with Gasteiger partial charge in [0.1, 0.15) is 5.75 Å². The fourth-order valence-corrected chi connectivity index (χ4v) is 1.99. The minimum atomic E-state index is 0.171. The summed E-state index contributed by atoms with van der Waals surface area (Å²) in [5.74, 6) is 0.906. The predicted molar refractivity (Wildman–Crippen MR) is 71.8 cm³/mol. The summed E-state index contributed by atoms with van der Waals surface area (Å²) in [6.07, 6.45) is 3.48. The maximum absolute atomic E-state index is 5.45. The van der Waals surface area contributed by atoms with Crippen LogP contribution in [0.15, 0.2) is 47.3 Å². The highest BCUT2D eigenvalue weighted by Gasteiger charge is 2.13. The SMILES string of the molecule is CCNC(c1ccc(OCC)cc1)c1ccoc1. The van der Waals surface area contributed by atoms with Crippen molar-refractivity contribution in [2.24, 2.45) is 0 Å². The molecule has 3 heteroatoms. The molecular formula is C15H19NO2. The summed E-state index contributed by atoms with van der Waals surface area (Å²) in [6, 6.07) is 10.3. The van der Waals surface area contributed by atoms with E-state index in [-0.39, 0.29) is 6.04 Å². The molecule has 18 heavy (non-hydrogen) atoms. The summed E-state index contributed by atoms with van der Waals surface area (Å²) < 4.78 is 10.6.